The van der Waals surface area contributed by atoms with Gasteiger partial charge in [-0.05, 0) is 24.3 Å². The summed E-state index contributed by atoms with van der Waals surface area (Å²) in [7, 11) is -2.22. The van der Waals surface area contributed by atoms with Crippen LogP contribution in [0, 0.1) is 0 Å². The molecule has 0 radical (unpaired) electrons. The van der Waals surface area contributed by atoms with E-state index in [1.807, 2.05) is 0 Å². The maximum Gasteiger partial charge on any atom is 0.115 e. The largest absolute Gasteiger partial charge is 0.508 e. The zero-order valence-corrected chi connectivity index (χ0v) is 7.29. The Kier molecular flexibility index (Phi) is 2.42. The Morgan fingerprint density at radius 2 is 1.83 bits per heavy atom. The minimum Gasteiger partial charge on any atom is -0.508 e. The topological polar surface area (TPSA) is 66.5 Å². The summed E-state index contributed by atoms with van der Waals surface area (Å²) in [5, 5.41) is 8.96. The van der Waals surface area contributed by atoms with Crippen molar-refractivity contribution in [1.82, 2.24) is 0 Å². The molecule has 12 heavy (non-hydrogen) atoms. The normalized spacial score (nSPS) is 15.2. The summed E-state index contributed by atoms with van der Waals surface area (Å²) in [5.41, 5.74) is 6.39. The van der Waals surface area contributed by atoms with Crippen LogP contribution < -0.4 is 5.73 Å². The second-order valence-electron chi connectivity index (χ2n) is 2.38. The fraction of sp³-hybridized carbons (Fsp3) is 0. The monoisotopic (exact) mass is 185 g/mol. The lowest BCUT2D eigenvalue weighted by molar-refractivity contribution is 0.475. The smallest absolute Gasteiger partial charge is 0.115 e. The summed E-state index contributed by atoms with van der Waals surface area (Å²) in [6.45, 7) is 0. The van der Waals surface area contributed by atoms with Crippen molar-refractivity contribution < 1.29 is 9.66 Å². The Hall–Kier alpha value is -0.970. The first-order valence-corrected chi connectivity index (χ1v) is 5.11. The molecule has 1 atom stereocenters. The molecule has 1 aromatic rings. The van der Waals surface area contributed by atoms with Gasteiger partial charge in [0.15, 0.2) is 0 Å². The molecule has 0 heterocycles. The molecule has 0 saturated carbocycles. The van der Waals surface area contributed by atoms with Crippen LogP contribution >= 0.6 is 9.49 Å². The molecule has 0 saturated heterocycles. The molecule has 3 nitrogen and oxygen atoms in total. The second-order valence-corrected chi connectivity index (χ2v) is 4.64. The summed E-state index contributed by atoms with van der Waals surface area (Å²) >= 11 is 0. The van der Waals surface area contributed by atoms with Crippen molar-refractivity contribution in [3.05, 3.63) is 24.3 Å². The molecule has 0 aliphatic rings. The molecule has 1 unspecified atom stereocenters. The molecule has 66 valence electrons. The highest BCUT2D eigenvalue weighted by molar-refractivity contribution is 8.23. The lowest BCUT2D eigenvalue weighted by Crippen LogP contribution is -1.93. The maximum atomic E-state index is 9.60. The fourth-order valence-electron chi connectivity index (χ4n) is 0.760. The quantitative estimate of drug-likeness (QED) is 0.575. The third-order valence-electron chi connectivity index (χ3n) is 1.47. The first kappa shape index (κ1) is 9.12. The minimum absolute atomic E-state index is 0.158. The molecular weight excluding hydrogens is 174 g/mol. The van der Waals surface area contributed by atoms with Gasteiger partial charge >= 0.3 is 0 Å². The van der Waals surface area contributed by atoms with Gasteiger partial charge in [-0.3, -0.25) is 0 Å². The van der Waals surface area contributed by atoms with Gasteiger partial charge in [-0.15, -0.1) is 0 Å². The van der Waals surface area contributed by atoms with E-state index in [1.165, 1.54) is 17.6 Å². The number of benzene rings is 1. The van der Waals surface area contributed by atoms with Crippen LogP contribution in [0.3, 0.4) is 0 Å². The van der Waals surface area contributed by atoms with E-state index >= 15 is 0 Å². The van der Waals surface area contributed by atoms with Gasteiger partial charge in [0.25, 0.3) is 0 Å². The molecule has 4 heteroatoms. The van der Waals surface area contributed by atoms with Crippen molar-refractivity contribution in [3.63, 3.8) is 0 Å². The predicted molar refractivity (Wildman–Crippen MR) is 54.0 cm³/mol. The Labute approximate surface area is 71.8 Å². The van der Waals surface area contributed by atoms with E-state index in [9.17, 15) is 4.55 Å². The van der Waals surface area contributed by atoms with Crippen molar-refractivity contribution >= 4 is 20.8 Å². The first-order valence-electron chi connectivity index (χ1n) is 3.29. The molecule has 1 aromatic carbocycles. The van der Waals surface area contributed by atoms with Gasteiger partial charge < -0.3 is 15.4 Å². The number of phenolic OH excluding ortho intramolecular Hbond substituents is 1. The van der Waals surface area contributed by atoms with E-state index < -0.39 is 9.49 Å². The third-order valence-corrected chi connectivity index (χ3v) is 3.01. The Balaban J connectivity index is 3.24. The summed E-state index contributed by atoms with van der Waals surface area (Å²) in [6, 6.07) is 6.17. The molecule has 1 rings (SSSR count). The van der Waals surface area contributed by atoms with Crippen LogP contribution in [-0.2, 0) is 0 Å². The standard InChI is InChI=1S/C8H11NO2S/c1-12(11,6-9)8-4-2-7(10)3-5-8/h2-6,10-11H,1,9H2. The lowest BCUT2D eigenvalue weighted by Gasteiger charge is -2.07. The zero-order chi connectivity index (χ0) is 9.19. The number of hydrogen-bond donors (Lipinski definition) is 3. The molecule has 0 aliphatic carbocycles. The zero-order valence-electron chi connectivity index (χ0n) is 6.47. The minimum atomic E-state index is -2.22. The van der Waals surface area contributed by atoms with Gasteiger partial charge in [-0.25, -0.2) is 0 Å². The van der Waals surface area contributed by atoms with E-state index in [0.29, 0.717) is 4.90 Å². The van der Waals surface area contributed by atoms with Crippen LogP contribution in [0.2, 0.25) is 0 Å². The van der Waals surface area contributed by atoms with Gasteiger partial charge in [0.2, 0.25) is 0 Å². The van der Waals surface area contributed by atoms with Crippen LogP contribution in [0.15, 0.2) is 29.2 Å². The van der Waals surface area contributed by atoms with Crippen LogP contribution in [0.4, 0.5) is 0 Å². The molecule has 4 N–H and O–H groups in total. The maximum absolute atomic E-state index is 9.60. The van der Waals surface area contributed by atoms with E-state index in [2.05, 4.69) is 5.87 Å². The molecular formula is C8H11NO2S. The number of nitrogens with two attached hydrogens (primary N) is 1. The molecule has 0 aromatic heterocycles. The van der Waals surface area contributed by atoms with Crippen LogP contribution in [0.5, 0.6) is 5.75 Å². The number of phenols is 1. The highest BCUT2D eigenvalue weighted by Gasteiger charge is 1.97. The van der Waals surface area contributed by atoms with Crippen molar-refractivity contribution in [1.29, 1.82) is 0 Å². The van der Waals surface area contributed by atoms with E-state index in [0.717, 1.165) is 0 Å². The van der Waals surface area contributed by atoms with E-state index in [1.54, 1.807) is 12.1 Å². The number of rotatable bonds is 1. The molecule has 0 aliphatic heterocycles. The second kappa shape index (κ2) is 3.18. The average Bonchev–Trinajstić information content (AvgIpc) is 2.05. The fourth-order valence-corrected chi connectivity index (χ4v) is 1.52. The number of aromatic hydroxyl groups is 1. The molecule has 0 spiro atoms. The Morgan fingerprint density at radius 1 is 1.33 bits per heavy atom. The lowest BCUT2D eigenvalue weighted by atomic mass is 10.3. The summed E-state index contributed by atoms with van der Waals surface area (Å²) < 4.78 is 9.60. The average molecular weight is 185 g/mol. The van der Waals surface area contributed by atoms with Gasteiger partial charge in [0, 0.05) is 10.4 Å². The molecule has 0 fully saturated rings. The summed E-state index contributed by atoms with van der Waals surface area (Å²) in [5.74, 6) is 3.72. The van der Waals surface area contributed by atoms with Crippen LogP contribution in [0.25, 0.3) is 0 Å². The number of hydrogen-bond acceptors (Lipinski definition) is 2. The molecule has 0 amide bonds. The van der Waals surface area contributed by atoms with Crippen molar-refractivity contribution in [2.24, 2.45) is 5.73 Å². The van der Waals surface area contributed by atoms with Crippen molar-refractivity contribution in [3.8, 4) is 5.75 Å². The summed E-state index contributed by atoms with van der Waals surface area (Å²) in [6.07, 6.45) is 0. The van der Waals surface area contributed by atoms with Gasteiger partial charge in [-0.1, -0.05) is 15.4 Å². The highest BCUT2D eigenvalue weighted by Crippen LogP contribution is 2.28. The Bertz CT molecular complexity index is 375. The van der Waals surface area contributed by atoms with Gasteiger partial charge in [0.05, 0.1) is 0 Å². The Morgan fingerprint density at radius 3 is 2.25 bits per heavy atom. The van der Waals surface area contributed by atoms with Crippen LogP contribution in [0.1, 0.15) is 0 Å². The van der Waals surface area contributed by atoms with Crippen LogP contribution in [-0.4, -0.2) is 21.0 Å². The first-order chi connectivity index (χ1) is 5.56. The SMILES string of the molecule is C=S(O)(=CN)c1ccc(O)cc1. The van der Waals surface area contributed by atoms with E-state index in [4.69, 9.17) is 10.8 Å². The summed E-state index contributed by atoms with van der Waals surface area (Å²) in [4.78, 5) is 0.628. The van der Waals surface area contributed by atoms with Crippen molar-refractivity contribution in [2.75, 3.05) is 0 Å². The van der Waals surface area contributed by atoms with Gasteiger partial charge in [0.1, 0.15) is 5.75 Å². The van der Waals surface area contributed by atoms with E-state index in [-0.39, 0.29) is 5.75 Å². The predicted octanol–water partition coefficient (Wildman–Crippen LogP) is 1.18. The third kappa shape index (κ3) is 1.79. The van der Waals surface area contributed by atoms with Gasteiger partial charge in [-0.2, -0.15) is 0 Å². The highest BCUT2D eigenvalue weighted by atomic mass is 32.2. The van der Waals surface area contributed by atoms with Crippen molar-refractivity contribution in [2.45, 2.75) is 4.90 Å². The molecule has 0 bridgehead atoms.